The summed E-state index contributed by atoms with van der Waals surface area (Å²) in [6.07, 6.45) is 4.33. The molecule has 120 valence electrons. The molecule has 1 atom stereocenters. The highest BCUT2D eigenvalue weighted by molar-refractivity contribution is 7.96. The van der Waals surface area contributed by atoms with Crippen LogP contribution in [-0.2, 0) is 14.6 Å². The number of piperidine rings is 1. The largest absolute Gasteiger partial charge is 0.593 e. The molecule has 5 nitrogen and oxygen atoms in total. The van der Waals surface area contributed by atoms with Crippen LogP contribution in [0.3, 0.4) is 0 Å². The Morgan fingerprint density at radius 1 is 1.32 bits per heavy atom. The van der Waals surface area contributed by atoms with Gasteiger partial charge in [0.05, 0.1) is 5.54 Å². The number of para-hydroxylation sites is 1. The van der Waals surface area contributed by atoms with E-state index in [1.807, 2.05) is 6.07 Å². The number of sulfonamides is 1. The second-order valence-corrected chi connectivity index (χ2v) is 8.52. The van der Waals surface area contributed by atoms with Crippen LogP contribution >= 0.6 is 0 Å². The minimum absolute atomic E-state index is 0.257. The molecule has 0 bridgehead atoms. The zero-order valence-electron chi connectivity index (χ0n) is 12.6. The number of likely N-dealkylation sites (tertiary alicyclic amines) is 1. The maximum absolute atomic E-state index is 12.6. The lowest BCUT2D eigenvalue weighted by molar-refractivity contribution is 0.103. The third-order valence-corrected chi connectivity index (χ3v) is 6.64. The molecule has 0 amide bonds. The standard InChI is InChI=1S/C16H22N2O3S/c19-22(20)15-4-2-1-3-14(15)21-12-16(17-22)7-9-18(10-8-16)11-13-5-6-13/h1-4,13H,5-12H2,(H-,17,19,20). The monoisotopic (exact) mass is 322 g/mol. The van der Waals surface area contributed by atoms with Crippen LogP contribution in [-0.4, -0.2) is 41.2 Å². The fourth-order valence-electron chi connectivity index (χ4n) is 3.45. The van der Waals surface area contributed by atoms with Crippen molar-refractivity contribution in [1.82, 2.24) is 9.62 Å². The van der Waals surface area contributed by atoms with E-state index in [4.69, 9.17) is 4.74 Å². The highest BCUT2D eigenvalue weighted by Crippen LogP contribution is 2.36. The summed E-state index contributed by atoms with van der Waals surface area (Å²) in [4.78, 5) is 2.72. The average molecular weight is 322 g/mol. The fourth-order valence-corrected chi connectivity index (χ4v) is 5.05. The van der Waals surface area contributed by atoms with Crippen molar-refractivity contribution in [2.45, 2.75) is 36.1 Å². The Kier molecular flexibility index (Phi) is 3.52. The van der Waals surface area contributed by atoms with Crippen LogP contribution in [0.25, 0.3) is 0 Å². The SMILES string of the molecule is O=[S+]1([O-])NC2(CCN(CC3CC3)CC2)COc2ccccc21. The van der Waals surface area contributed by atoms with E-state index in [1.54, 1.807) is 18.2 Å². The van der Waals surface area contributed by atoms with Gasteiger partial charge in [0.1, 0.15) is 6.61 Å². The Morgan fingerprint density at radius 3 is 2.77 bits per heavy atom. The Balaban J connectivity index is 1.51. The van der Waals surface area contributed by atoms with Gasteiger partial charge in [-0.15, -0.1) is 4.72 Å². The van der Waals surface area contributed by atoms with E-state index in [1.165, 1.54) is 19.4 Å². The molecule has 1 aliphatic carbocycles. The normalized spacial score (nSPS) is 31.3. The fraction of sp³-hybridized carbons (Fsp3) is 0.625. The van der Waals surface area contributed by atoms with Crippen LogP contribution in [0.4, 0.5) is 0 Å². The maximum atomic E-state index is 12.6. The van der Waals surface area contributed by atoms with Gasteiger partial charge in [-0.25, -0.2) is 0 Å². The van der Waals surface area contributed by atoms with Crippen LogP contribution in [0.15, 0.2) is 29.2 Å². The molecule has 6 heteroatoms. The molecule has 4 rings (SSSR count). The Morgan fingerprint density at radius 2 is 2.05 bits per heavy atom. The van der Waals surface area contributed by atoms with Crippen molar-refractivity contribution in [3.63, 3.8) is 0 Å². The first-order valence-corrected chi connectivity index (χ1v) is 9.53. The van der Waals surface area contributed by atoms with E-state index < -0.39 is 15.9 Å². The van der Waals surface area contributed by atoms with Gasteiger partial charge in [-0.3, -0.25) is 0 Å². The summed E-state index contributed by atoms with van der Waals surface area (Å²) in [7, 11) is -3.51. The molecule has 3 aliphatic rings. The molecule has 2 fully saturated rings. The van der Waals surface area contributed by atoms with E-state index in [-0.39, 0.29) is 4.90 Å². The number of nitrogens with one attached hydrogen (secondary N) is 1. The number of nitrogens with zero attached hydrogens (tertiary/aromatic N) is 1. The Hall–Kier alpha value is -0.950. The molecule has 1 saturated heterocycles. The van der Waals surface area contributed by atoms with Crippen molar-refractivity contribution in [3.8, 4) is 5.75 Å². The molecule has 1 N–H and O–H groups in total. The number of benzene rings is 1. The quantitative estimate of drug-likeness (QED) is 0.844. The average Bonchev–Trinajstić information content (AvgIpc) is 3.32. The van der Waals surface area contributed by atoms with Gasteiger partial charge < -0.3 is 14.2 Å². The van der Waals surface area contributed by atoms with Crippen LogP contribution in [0.1, 0.15) is 25.7 Å². The molecule has 2 heterocycles. The van der Waals surface area contributed by atoms with Crippen molar-refractivity contribution in [1.29, 1.82) is 0 Å². The molecule has 22 heavy (non-hydrogen) atoms. The molecule has 1 aromatic carbocycles. The van der Waals surface area contributed by atoms with Gasteiger partial charge in [0.25, 0.3) is 0 Å². The molecule has 0 aromatic heterocycles. The summed E-state index contributed by atoms with van der Waals surface area (Å²) in [6.45, 7) is 3.47. The lowest BCUT2D eigenvalue weighted by Gasteiger charge is -2.40. The molecule has 0 radical (unpaired) electrons. The van der Waals surface area contributed by atoms with Crippen molar-refractivity contribution in [2.75, 3.05) is 26.2 Å². The molecular formula is C16H22N2O3S. The third kappa shape index (κ3) is 2.80. The first-order chi connectivity index (χ1) is 10.6. The number of rotatable bonds is 2. The lowest BCUT2D eigenvalue weighted by atomic mass is 9.89. The predicted molar refractivity (Wildman–Crippen MR) is 83.3 cm³/mol. The second kappa shape index (κ2) is 5.30. The summed E-state index contributed by atoms with van der Waals surface area (Å²) in [5.74, 6) is 1.34. The highest BCUT2D eigenvalue weighted by Gasteiger charge is 2.45. The Labute approximate surface area is 132 Å². The van der Waals surface area contributed by atoms with Gasteiger partial charge >= 0.3 is 0 Å². The summed E-state index contributed by atoms with van der Waals surface area (Å²) in [5.41, 5.74) is -0.460. The zero-order chi connectivity index (χ0) is 15.2. The van der Waals surface area contributed by atoms with Crippen molar-refractivity contribution in [2.24, 2.45) is 5.92 Å². The summed E-state index contributed by atoms with van der Waals surface area (Å²) in [6, 6.07) is 6.89. The van der Waals surface area contributed by atoms with Gasteiger partial charge in [0.15, 0.2) is 16.1 Å². The number of hydrogen-bond acceptors (Lipinski definition) is 4. The van der Waals surface area contributed by atoms with E-state index in [2.05, 4.69) is 9.62 Å². The van der Waals surface area contributed by atoms with Crippen LogP contribution in [0.2, 0.25) is 0 Å². The van der Waals surface area contributed by atoms with Crippen LogP contribution in [0.5, 0.6) is 5.75 Å². The van der Waals surface area contributed by atoms with Crippen molar-refractivity contribution in [3.05, 3.63) is 24.3 Å². The van der Waals surface area contributed by atoms with E-state index >= 15 is 0 Å². The third-order valence-electron chi connectivity index (χ3n) is 5.02. The van der Waals surface area contributed by atoms with Gasteiger partial charge in [-0.05, 0) is 43.7 Å². The van der Waals surface area contributed by atoms with E-state index in [9.17, 15) is 8.76 Å². The van der Waals surface area contributed by atoms with Gasteiger partial charge in [-0.2, -0.15) is 0 Å². The molecule has 1 aromatic rings. The number of hydrogen-bond donors (Lipinski definition) is 1. The van der Waals surface area contributed by atoms with Crippen LogP contribution in [0, 0.1) is 5.92 Å². The number of fused-ring (bicyclic) bond motifs is 1. The summed E-state index contributed by atoms with van der Waals surface area (Å²) >= 11 is 0. The molecular weight excluding hydrogens is 300 g/mol. The van der Waals surface area contributed by atoms with E-state index in [0.717, 1.165) is 31.8 Å². The Bertz CT molecular complexity index is 609. The minimum atomic E-state index is -3.51. The smallest absolute Gasteiger partial charge is 0.216 e. The number of ether oxygens (including phenoxy) is 1. The molecule has 2 aliphatic heterocycles. The van der Waals surface area contributed by atoms with Crippen molar-refractivity contribution >= 4 is 10.4 Å². The maximum Gasteiger partial charge on any atom is 0.216 e. The molecule has 1 saturated carbocycles. The predicted octanol–water partition coefficient (Wildman–Crippen LogP) is 1.82. The van der Waals surface area contributed by atoms with Gasteiger partial charge in [0, 0.05) is 19.6 Å². The second-order valence-electron chi connectivity index (χ2n) is 6.87. The minimum Gasteiger partial charge on any atom is -0.593 e. The van der Waals surface area contributed by atoms with Gasteiger partial charge in [-0.1, -0.05) is 16.3 Å². The van der Waals surface area contributed by atoms with Crippen LogP contribution < -0.4 is 9.46 Å². The van der Waals surface area contributed by atoms with E-state index in [0.29, 0.717) is 12.4 Å². The lowest BCUT2D eigenvalue weighted by Crippen LogP contribution is -2.58. The highest BCUT2D eigenvalue weighted by atomic mass is 32.3. The summed E-state index contributed by atoms with van der Waals surface area (Å²) in [5, 5.41) is 0. The molecule has 1 unspecified atom stereocenters. The van der Waals surface area contributed by atoms with Crippen molar-refractivity contribution < 1.29 is 13.5 Å². The zero-order valence-corrected chi connectivity index (χ0v) is 13.4. The topological polar surface area (TPSA) is 64.6 Å². The first-order valence-electron chi connectivity index (χ1n) is 8.05. The first kappa shape index (κ1) is 14.6. The molecule has 1 spiro atoms. The van der Waals surface area contributed by atoms with Gasteiger partial charge in [0.2, 0.25) is 4.90 Å². The summed E-state index contributed by atoms with van der Waals surface area (Å²) < 4.78 is 34.0.